The molecule has 1 aromatic rings. The number of likely N-dealkylation sites (tertiary alicyclic amines) is 1. The Morgan fingerprint density at radius 3 is 2.81 bits per heavy atom. The molecule has 6 nitrogen and oxygen atoms in total. The number of rotatable bonds is 4. The van der Waals surface area contributed by atoms with Crippen LogP contribution in [0.3, 0.4) is 0 Å². The van der Waals surface area contributed by atoms with Gasteiger partial charge in [-0.3, -0.25) is 9.79 Å². The molecule has 3 rings (SSSR count). The Hall–Kier alpha value is -2.08. The van der Waals surface area contributed by atoms with Crippen LogP contribution in [0.5, 0.6) is 0 Å². The average molecular weight is 373 g/mol. The van der Waals surface area contributed by atoms with Crippen molar-refractivity contribution in [2.45, 2.75) is 25.9 Å². The third-order valence-corrected chi connectivity index (χ3v) is 5.72. The molecule has 0 bridgehead atoms. The van der Waals surface area contributed by atoms with Crippen LogP contribution in [-0.2, 0) is 14.3 Å². The second-order valence-electron chi connectivity index (χ2n) is 7.54. The molecule has 1 N–H and O–H groups in total. The molecule has 4 atom stereocenters. The molecule has 2 aliphatic rings. The molecule has 0 radical (unpaired) electrons. The zero-order valence-corrected chi connectivity index (χ0v) is 16.6. The lowest BCUT2D eigenvalue weighted by molar-refractivity contribution is -0.145. The van der Waals surface area contributed by atoms with E-state index in [4.69, 9.17) is 9.47 Å². The summed E-state index contributed by atoms with van der Waals surface area (Å²) in [5, 5.41) is 3.52. The summed E-state index contributed by atoms with van der Waals surface area (Å²) in [6, 6.07) is 10.4. The van der Waals surface area contributed by atoms with Crippen molar-refractivity contribution in [1.29, 1.82) is 0 Å². The molecular formula is C21H31N3O3. The van der Waals surface area contributed by atoms with Crippen molar-refractivity contribution >= 4 is 11.9 Å². The molecular weight excluding hydrogens is 342 g/mol. The number of guanidine groups is 1. The van der Waals surface area contributed by atoms with Crippen LogP contribution in [-0.4, -0.2) is 57.2 Å². The molecule has 0 amide bonds. The molecule has 4 unspecified atom stereocenters. The largest absolute Gasteiger partial charge is 0.469 e. The highest BCUT2D eigenvalue weighted by molar-refractivity contribution is 5.82. The van der Waals surface area contributed by atoms with Crippen LogP contribution in [0.15, 0.2) is 35.3 Å². The summed E-state index contributed by atoms with van der Waals surface area (Å²) >= 11 is 0. The van der Waals surface area contributed by atoms with Crippen LogP contribution < -0.4 is 5.32 Å². The second kappa shape index (κ2) is 9.22. The molecule has 2 aliphatic heterocycles. The maximum Gasteiger partial charge on any atom is 0.310 e. The minimum Gasteiger partial charge on any atom is -0.469 e. The zero-order chi connectivity index (χ0) is 19.2. The zero-order valence-electron chi connectivity index (χ0n) is 16.6. The first-order valence-corrected chi connectivity index (χ1v) is 9.84. The predicted molar refractivity (Wildman–Crippen MR) is 105 cm³/mol. The van der Waals surface area contributed by atoms with Crippen molar-refractivity contribution in [1.82, 2.24) is 10.2 Å². The summed E-state index contributed by atoms with van der Waals surface area (Å²) in [6.07, 6.45) is 2.33. The van der Waals surface area contributed by atoms with Gasteiger partial charge in [-0.1, -0.05) is 37.3 Å². The summed E-state index contributed by atoms with van der Waals surface area (Å²) in [6.45, 7) is 5.17. The fourth-order valence-electron chi connectivity index (χ4n) is 4.22. The lowest BCUT2D eigenvalue weighted by Gasteiger charge is -2.33. The standard InChI is InChI=1S/C21H31N3O3/c1-15-13-24(14-18(15)20(25)26-3)21(22-2)23-12-17-10-7-11-27-19(17)16-8-5-4-6-9-16/h4-6,8-9,15,17-19H,7,10-14H2,1-3H3,(H,22,23). The molecule has 0 aromatic heterocycles. The van der Waals surface area contributed by atoms with Gasteiger partial charge in [0.15, 0.2) is 5.96 Å². The Morgan fingerprint density at radius 1 is 1.33 bits per heavy atom. The molecule has 0 aliphatic carbocycles. The lowest BCUT2D eigenvalue weighted by atomic mass is 9.89. The minimum absolute atomic E-state index is 0.0939. The first-order chi connectivity index (χ1) is 13.1. The Kier molecular flexibility index (Phi) is 6.72. The third kappa shape index (κ3) is 4.61. The fraction of sp³-hybridized carbons (Fsp3) is 0.619. The number of benzene rings is 1. The van der Waals surface area contributed by atoms with Gasteiger partial charge in [0.25, 0.3) is 0 Å². The normalized spacial score (nSPS) is 28.9. The predicted octanol–water partition coefficient (Wildman–Crippen LogP) is 2.47. The first-order valence-electron chi connectivity index (χ1n) is 9.84. The van der Waals surface area contributed by atoms with E-state index >= 15 is 0 Å². The highest BCUT2D eigenvalue weighted by Crippen LogP contribution is 2.33. The monoisotopic (exact) mass is 373 g/mol. The van der Waals surface area contributed by atoms with E-state index in [0.29, 0.717) is 12.5 Å². The van der Waals surface area contributed by atoms with Crippen molar-refractivity contribution in [3.63, 3.8) is 0 Å². The molecule has 1 aromatic carbocycles. The van der Waals surface area contributed by atoms with Crippen molar-refractivity contribution in [2.24, 2.45) is 22.7 Å². The van der Waals surface area contributed by atoms with E-state index in [9.17, 15) is 4.79 Å². The van der Waals surface area contributed by atoms with E-state index in [-0.39, 0.29) is 23.9 Å². The van der Waals surface area contributed by atoms with E-state index in [0.717, 1.165) is 38.5 Å². The Balaban J connectivity index is 1.61. The Morgan fingerprint density at radius 2 is 2.11 bits per heavy atom. The molecule has 2 heterocycles. The summed E-state index contributed by atoms with van der Waals surface area (Å²) in [7, 11) is 3.25. The van der Waals surface area contributed by atoms with E-state index in [2.05, 4.69) is 46.4 Å². The van der Waals surface area contributed by atoms with Crippen molar-refractivity contribution in [2.75, 3.05) is 40.4 Å². The summed E-state index contributed by atoms with van der Waals surface area (Å²) in [5.74, 6) is 1.28. The molecule has 0 saturated carbocycles. The number of carbonyl (C=O) groups excluding carboxylic acids is 1. The van der Waals surface area contributed by atoms with Gasteiger partial charge >= 0.3 is 5.97 Å². The molecule has 27 heavy (non-hydrogen) atoms. The average Bonchev–Trinajstić information content (AvgIpc) is 3.10. The van der Waals surface area contributed by atoms with E-state index in [1.165, 1.54) is 12.7 Å². The topological polar surface area (TPSA) is 63.2 Å². The van der Waals surface area contributed by atoms with Crippen molar-refractivity contribution in [3.05, 3.63) is 35.9 Å². The number of hydrogen-bond donors (Lipinski definition) is 1. The van der Waals surface area contributed by atoms with Crippen LogP contribution in [0, 0.1) is 17.8 Å². The number of hydrogen-bond acceptors (Lipinski definition) is 4. The second-order valence-corrected chi connectivity index (χ2v) is 7.54. The van der Waals surface area contributed by atoms with Crippen LogP contribution in [0.1, 0.15) is 31.4 Å². The summed E-state index contributed by atoms with van der Waals surface area (Å²) in [4.78, 5) is 18.6. The molecule has 148 valence electrons. The third-order valence-electron chi connectivity index (χ3n) is 5.72. The number of aliphatic imine (C=N–C) groups is 1. The molecule has 0 spiro atoms. The maximum atomic E-state index is 12.0. The lowest BCUT2D eigenvalue weighted by Crippen LogP contribution is -2.44. The van der Waals surface area contributed by atoms with E-state index in [1.54, 1.807) is 7.05 Å². The summed E-state index contributed by atoms with van der Waals surface area (Å²) in [5.41, 5.74) is 1.24. The molecule has 6 heteroatoms. The van der Waals surface area contributed by atoms with E-state index < -0.39 is 0 Å². The van der Waals surface area contributed by atoms with Gasteiger partial charge in [-0.25, -0.2) is 0 Å². The highest BCUT2D eigenvalue weighted by atomic mass is 16.5. The Bertz CT molecular complexity index is 649. The van der Waals surface area contributed by atoms with Gasteiger partial charge in [0.2, 0.25) is 0 Å². The number of nitrogens with zero attached hydrogens (tertiary/aromatic N) is 2. The highest BCUT2D eigenvalue weighted by Gasteiger charge is 2.37. The van der Waals surface area contributed by atoms with Crippen LogP contribution in [0.4, 0.5) is 0 Å². The summed E-state index contributed by atoms with van der Waals surface area (Å²) < 4.78 is 11.0. The van der Waals surface area contributed by atoms with Gasteiger partial charge in [-0.15, -0.1) is 0 Å². The number of nitrogens with one attached hydrogen (secondary N) is 1. The van der Waals surface area contributed by atoms with Crippen LogP contribution in [0.2, 0.25) is 0 Å². The van der Waals surface area contributed by atoms with Gasteiger partial charge in [0.05, 0.1) is 19.1 Å². The van der Waals surface area contributed by atoms with Crippen LogP contribution >= 0.6 is 0 Å². The van der Waals surface area contributed by atoms with Gasteiger partial charge in [-0.05, 0) is 24.3 Å². The van der Waals surface area contributed by atoms with Gasteiger partial charge in [-0.2, -0.15) is 0 Å². The van der Waals surface area contributed by atoms with Crippen molar-refractivity contribution < 1.29 is 14.3 Å². The van der Waals surface area contributed by atoms with E-state index in [1.807, 2.05) is 6.07 Å². The smallest absolute Gasteiger partial charge is 0.310 e. The number of esters is 1. The van der Waals surface area contributed by atoms with Gasteiger partial charge < -0.3 is 19.7 Å². The van der Waals surface area contributed by atoms with Crippen molar-refractivity contribution in [3.8, 4) is 0 Å². The molecule has 2 saturated heterocycles. The number of carbonyl (C=O) groups is 1. The van der Waals surface area contributed by atoms with Gasteiger partial charge in [0.1, 0.15) is 0 Å². The Labute approximate surface area is 161 Å². The number of ether oxygens (including phenoxy) is 2. The van der Waals surface area contributed by atoms with Crippen LogP contribution in [0.25, 0.3) is 0 Å². The fourth-order valence-corrected chi connectivity index (χ4v) is 4.22. The molecule has 2 fully saturated rings. The minimum atomic E-state index is -0.134. The number of methoxy groups -OCH3 is 1. The maximum absolute atomic E-state index is 12.0. The first kappa shape index (κ1) is 19.7. The van der Waals surface area contributed by atoms with Gasteiger partial charge in [0, 0.05) is 39.2 Å². The quantitative estimate of drug-likeness (QED) is 0.499. The SMILES string of the molecule is CN=C(NCC1CCCOC1c1ccccc1)N1CC(C)C(C(=O)OC)C1.